The molecule has 2 atom stereocenters. The molecule has 3 rings (SSSR count). The third-order valence-electron chi connectivity index (χ3n) is 4.30. The number of aliphatic hydroxyl groups is 2. The Hall–Kier alpha value is -0.920. The molecular weight excluding hydrogens is 436 g/mol. The van der Waals surface area contributed by atoms with Crippen molar-refractivity contribution in [3.05, 3.63) is 45.3 Å². The molecule has 2 aromatic carbocycles. The molecule has 1 unspecified atom stereocenters. The second kappa shape index (κ2) is 7.54. The van der Waals surface area contributed by atoms with Gasteiger partial charge in [-0.3, -0.25) is 0 Å². The van der Waals surface area contributed by atoms with Crippen molar-refractivity contribution in [1.82, 2.24) is 4.57 Å². The molecular formula is C18H21Br2N2O2+. The fraction of sp³-hybridized carbons (Fsp3) is 0.333. The van der Waals surface area contributed by atoms with Gasteiger partial charge in [0.15, 0.2) is 0 Å². The lowest BCUT2D eigenvalue weighted by molar-refractivity contribution is -0.883. The number of hydrogen-bond acceptors (Lipinski definition) is 2. The lowest BCUT2D eigenvalue weighted by Gasteiger charge is -2.18. The summed E-state index contributed by atoms with van der Waals surface area (Å²) in [6.07, 6.45) is -0.470. The van der Waals surface area contributed by atoms with Crippen LogP contribution in [0.4, 0.5) is 0 Å². The Labute approximate surface area is 157 Å². The standard InChI is InChI=1S/C18H20Br2N2O2/c1-21(6-7-23)10-14(24)11-22-17-4-2-12(19)8-15(17)16-9-13(20)3-5-18(16)22/h2-5,8-9,14,23-24H,6-7,10-11H2,1H3/p+1/t14-/m1/s1. The second-order valence-electron chi connectivity index (χ2n) is 6.22. The molecule has 6 heteroatoms. The molecule has 0 amide bonds. The minimum absolute atomic E-state index is 0.135. The van der Waals surface area contributed by atoms with E-state index in [1.807, 2.05) is 19.2 Å². The zero-order valence-electron chi connectivity index (χ0n) is 13.5. The lowest BCUT2D eigenvalue weighted by Crippen LogP contribution is -3.10. The summed E-state index contributed by atoms with van der Waals surface area (Å²) in [6, 6.07) is 12.5. The predicted molar refractivity (Wildman–Crippen MR) is 105 cm³/mol. The van der Waals surface area contributed by atoms with Crippen LogP contribution in [0.25, 0.3) is 21.8 Å². The number of likely N-dealkylation sites (N-methyl/N-ethyl adjacent to an activating group) is 1. The van der Waals surface area contributed by atoms with E-state index in [0.717, 1.165) is 24.9 Å². The van der Waals surface area contributed by atoms with Gasteiger partial charge in [-0.25, -0.2) is 0 Å². The molecule has 0 aliphatic rings. The summed E-state index contributed by atoms with van der Waals surface area (Å²) in [5.41, 5.74) is 2.23. The van der Waals surface area contributed by atoms with Gasteiger partial charge in [0.2, 0.25) is 0 Å². The first-order valence-corrected chi connectivity index (χ1v) is 9.55. The van der Waals surface area contributed by atoms with Gasteiger partial charge in [0.1, 0.15) is 19.2 Å². The summed E-state index contributed by atoms with van der Waals surface area (Å²) in [6.45, 7) is 1.92. The Kier molecular flexibility index (Phi) is 5.62. The molecule has 3 N–H and O–H groups in total. The van der Waals surface area contributed by atoms with Crippen LogP contribution in [0.1, 0.15) is 0 Å². The van der Waals surface area contributed by atoms with E-state index in [9.17, 15) is 5.11 Å². The number of hydrogen-bond donors (Lipinski definition) is 3. The molecule has 0 bridgehead atoms. The quantitative estimate of drug-likeness (QED) is 0.532. The SMILES string of the molecule is C[NH+](CCO)C[C@@H](O)Cn1c2ccc(Br)cc2c2cc(Br)ccc21. The van der Waals surface area contributed by atoms with Gasteiger partial charge >= 0.3 is 0 Å². The topological polar surface area (TPSA) is 49.8 Å². The van der Waals surface area contributed by atoms with Crippen LogP contribution in [0.5, 0.6) is 0 Å². The van der Waals surface area contributed by atoms with Crippen molar-refractivity contribution in [2.45, 2.75) is 12.6 Å². The molecule has 0 fully saturated rings. The van der Waals surface area contributed by atoms with Gasteiger partial charge in [-0.05, 0) is 36.4 Å². The third-order valence-corrected chi connectivity index (χ3v) is 5.29. The number of benzene rings is 2. The Bertz CT molecular complexity index is 804. The number of quaternary nitrogens is 1. The molecule has 4 nitrogen and oxygen atoms in total. The minimum Gasteiger partial charge on any atom is -0.391 e. The Morgan fingerprint density at radius 3 is 2.08 bits per heavy atom. The highest BCUT2D eigenvalue weighted by molar-refractivity contribution is 9.10. The van der Waals surface area contributed by atoms with Crippen molar-refractivity contribution in [2.75, 3.05) is 26.7 Å². The monoisotopic (exact) mass is 455 g/mol. The third kappa shape index (κ3) is 3.68. The van der Waals surface area contributed by atoms with Gasteiger partial charge in [-0.15, -0.1) is 0 Å². The molecule has 128 valence electrons. The summed E-state index contributed by atoms with van der Waals surface area (Å²) in [4.78, 5) is 1.12. The van der Waals surface area contributed by atoms with Crippen LogP contribution < -0.4 is 4.90 Å². The summed E-state index contributed by atoms with van der Waals surface area (Å²) in [7, 11) is 1.99. The fourth-order valence-corrected chi connectivity index (χ4v) is 3.94. The van der Waals surface area contributed by atoms with Crippen LogP contribution in [-0.4, -0.2) is 47.6 Å². The zero-order chi connectivity index (χ0) is 17.3. The van der Waals surface area contributed by atoms with Gasteiger partial charge in [0.25, 0.3) is 0 Å². The van der Waals surface area contributed by atoms with Crippen LogP contribution >= 0.6 is 31.9 Å². The average Bonchev–Trinajstić information content (AvgIpc) is 2.80. The number of aromatic nitrogens is 1. The molecule has 0 saturated carbocycles. The maximum absolute atomic E-state index is 10.5. The van der Waals surface area contributed by atoms with Gasteiger partial charge in [-0.1, -0.05) is 31.9 Å². The number of nitrogens with zero attached hydrogens (tertiary/aromatic N) is 1. The van der Waals surface area contributed by atoms with Gasteiger partial charge < -0.3 is 19.7 Å². The van der Waals surface area contributed by atoms with Gasteiger partial charge in [-0.2, -0.15) is 0 Å². The van der Waals surface area contributed by atoms with Crippen molar-refractivity contribution in [2.24, 2.45) is 0 Å². The molecule has 24 heavy (non-hydrogen) atoms. The van der Waals surface area contributed by atoms with Crippen LogP contribution in [0.15, 0.2) is 45.3 Å². The van der Waals surface area contributed by atoms with E-state index >= 15 is 0 Å². The van der Waals surface area contributed by atoms with E-state index in [2.05, 4.69) is 60.7 Å². The number of aliphatic hydroxyl groups excluding tert-OH is 2. The molecule has 1 aromatic heterocycles. The Morgan fingerprint density at radius 1 is 1.04 bits per heavy atom. The largest absolute Gasteiger partial charge is 0.391 e. The zero-order valence-corrected chi connectivity index (χ0v) is 16.6. The first-order valence-electron chi connectivity index (χ1n) is 7.97. The Balaban J connectivity index is 2.02. The highest BCUT2D eigenvalue weighted by Gasteiger charge is 2.17. The number of fused-ring (bicyclic) bond motifs is 3. The molecule has 3 aromatic rings. The molecule has 0 saturated heterocycles. The van der Waals surface area contributed by atoms with Crippen LogP contribution in [0.2, 0.25) is 0 Å². The predicted octanol–water partition coefficient (Wildman–Crippen LogP) is 2.19. The van der Waals surface area contributed by atoms with E-state index in [4.69, 9.17) is 5.11 Å². The summed E-state index contributed by atoms with van der Waals surface area (Å²) in [5.74, 6) is 0. The molecule has 1 heterocycles. The second-order valence-corrected chi connectivity index (χ2v) is 8.05. The van der Waals surface area contributed by atoms with E-state index in [-0.39, 0.29) is 6.61 Å². The lowest BCUT2D eigenvalue weighted by atomic mass is 10.2. The normalized spacial score (nSPS) is 14.4. The maximum Gasteiger partial charge on any atom is 0.121 e. The highest BCUT2D eigenvalue weighted by Crippen LogP contribution is 2.33. The van der Waals surface area contributed by atoms with E-state index in [1.165, 1.54) is 10.8 Å². The summed E-state index contributed by atoms with van der Waals surface area (Å²) in [5, 5.41) is 21.9. The average molecular weight is 457 g/mol. The molecule has 0 radical (unpaired) electrons. The molecule has 0 spiro atoms. The molecule has 0 aliphatic heterocycles. The minimum atomic E-state index is -0.470. The smallest absolute Gasteiger partial charge is 0.121 e. The summed E-state index contributed by atoms with van der Waals surface area (Å²) < 4.78 is 4.27. The molecule has 0 aliphatic carbocycles. The van der Waals surface area contributed by atoms with Gasteiger partial charge in [0, 0.05) is 30.8 Å². The fourth-order valence-electron chi connectivity index (χ4n) is 3.22. The number of halogens is 2. The van der Waals surface area contributed by atoms with Crippen LogP contribution in [-0.2, 0) is 6.54 Å². The number of nitrogens with one attached hydrogen (secondary N) is 1. The van der Waals surface area contributed by atoms with Crippen LogP contribution in [0.3, 0.4) is 0 Å². The maximum atomic E-state index is 10.5. The van der Waals surface area contributed by atoms with Crippen molar-refractivity contribution < 1.29 is 15.1 Å². The first-order chi connectivity index (χ1) is 11.5. The van der Waals surface area contributed by atoms with Gasteiger partial charge in [0.05, 0.1) is 20.2 Å². The van der Waals surface area contributed by atoms with Crippen LogP contribution in [0, 0.1) is 0 Å². The first kappa shape index (κ1) is 17.9. The number of rotatable bonds is 6. The van der Waals surface area contributed by atoms with Crippen molar-refractivity contribution in [3.63, 3.8) is 0 Å². The van der Waals surface area contributed by atoms with E-state index in [0.29, 0.717) is 19.6 Å². The van der Waals surface area contributed by atoms with Crippen molar-refractivity contribution >= 4 is 53.7 Å². The summed E-state index contributed by atoms with van der Waals surface area (Å²) >= 11 is 7.10. The van der Waals surface area contributed by atoms with E-state index < -0.39 is 6.10 Å². The van der Waals surface area contributed by atoms with E-state index in [1.54, 1.807) is 0 Å². The Morgan fingerprint density at radius 2 is 1.58 bits per heavy atom. The van der Waals surface area contributed by atoms with Crippen molar-refractivity contribution in [3.8, 4) is 0 Å². The van der Waals surface area contributed by atoms with Crippen molar-refractivity contribution in [1.29, 1.82) is 0 Å². The highest BCUT2D eigenvalue weighted by atomic mass is 79.9.